The number of halogens is 3. The molecule has 2 aromatic carbocycles. The zero-order valence-electron chi connectivity index (χ0n) is 15.1. The van der Waals surface area contributed by atoms with Crippen molar-refractivity contribution in [2.24, 2.45) is 0 Å². The molecule has 1 unspecified atom stereocenters. The number of nitro groups is 1. The number of ether oxygens (including phenoxy) is 2. The molecule has 1 fully saturated rings. The smallest absolute Gasteiger partial charge is 0.416 e. The molecule has 28 heavy (non-hydrogen) atoms. The molecule has 0 N–H and O–H groups in total. The summed E-state index contributed by atoms with van der Waals surface area (Å²) in [5, 5.41) is 11.1. The Hall–Kier alpha value is -2.81. The van der Waals surface area contributed by atoms with E-state index in [1.807, 2.05) is 4.90 Å². The second-order valence-corrected chi connectivity index (χ2v) is 6.27. The van der Waals surface area contributed by atoms with Crippen LogP contribution in [0, 0.1) is 10.1 Å². The summed E-state index contributed by atoms with van der Waals surface area (Å²) in [6.07, 6.45) is -4.78. The molecular formula is C19H19F3N2O4. The molecular weight excluding hydrogens is 377 g/mol. The highest BCUT2D eigenvalue weighted by Gasteiger charge is 2.31. The molecule has 1 aliphatic heterocycles. The van der Waals surface area contributed by atoms with Crippen LogP contribution >= 0.6 is 0 Å². The summed E-state index contributed by atoms with van der Waals surface area (Å²) in [6.45, 7) is 3.38. The van der Waals surface area contributed by atoms with Gasteiger partial charge in [0.1, 0.15) is 6.10 Å². The standard InChI is InChI=1S/C19H19F3N2O4/c1-2-27-17-11-15(7-8-16(17)24(25)26)23-9-10-28-18(12-23)13-3-5-14(6-4-13)19(20,21)22/h3-8,11,18H,2,9-10,12H2,1H3. The van der Waals surface area contributed by atoms with Crippen LogP contribution in [0.1, 0.15) is 24.2 Å². The molecule has 3 rings (SSSR count). The summed E-state index contributed by atoms with van der Waals surface area (Å²) in [6, 6.07) is 9.54. The van der Waals surface area contributed by atoms with Crippen LogP contribution in [0.15, 0.2) is 42.5 Å². The van der Waals surface area contributed by atoms with E-state index in [4.69, 9.17) is 9.47 Å². The van der Waals surface area contributed by atoms with E-state index < -0.39 is 22.8 Å². The average Bonchev–Trinajstić information content (AvgIpc) is 2.67. The lowest BCUT2D eigenvalue weighted by Crippen LogP contribution is -2.38. The first-order valence-electron chi connectivity index (χ1n) is 8.74. The van der Waals surface area contributed by atoms with Gasteiger partial charge in [-0.3, -0.25) is 10.1 Å². The summed E-state index contributed by atoms with van der Waals surface area (Å²) < 4.78 is 49.3. The Bertz CT molecular complexity index is 840. The number of alkyl halides is 3. The van der Waals surface area contributed by atoms with E-state index in [1.54, 1.807) is 19.1 Å². The molecule has 6 nitrogen and oxygen atoms in total. The summed E-state index contributed by atoms with van der Waals surface area (Å²) in [7, 11) is 0. The van der Waals surface area contributed by atoms with Gasteiger partial charge in [0.2, 0.25) is 0 Å². The Kier molecular flexibility index (Phi) is 5.73. The molecule has 0 saturated carbocycles. The molecule has 0 aromatic heterocycles. The van der Waals surface area contributed by atoms with Crippen LogP contribution in [0.2, 0.25) is 0 Å². The van der Waals surface area contributed by atoms with Crippen molar-refractivity contribution >= 4 is 11.4 Å². The van der Waals surface area contributed by atoms with Crippen molar-refractivity contribution in [2.45, 2.75) is 19.2 Å². The molecule has 1 saturated heterocycles. The van der Waals surface area contributed by atoms with Crippen LogP contribution in [-0.2, 0) is 10.9 Å². The maximum absolute atomic E-state index is 12.7. The Morgan fingerprint density at radius 3 is 2.57 bits per heavy atom. The highest BCUT2D eigenvalue weighted by Crippen LogP contribution is 2.35. The van der Waals surface area contributed by atoms with Crippen molar-refractivity contribution in [3.63, 3.8) is 0 Å². The number of hydrogen-bond donors (Lipinski definition) is 0. The molecule has 2 aromatic rings. The van der Waals surface area contributed by atoms with E-state index in [-0.39, 0.29) is 11.4 Å². The van der Waals surface area contributed by atoms with Gasteiger partial charge in [-0.2, -0.15) is 13.2 Å². The third-order valence-electron chi connectivity index (χ3n) is 4.48. The third-order valence-corrected chi connectivity index (χ3v) is 4.48. The first-order chi connectivity index (χ1) is 13.3. The van der Waals surface area contributed by atoms with Crippen LogP contribution in [-0.4, -0.2) is 31.2 Å². The highest BCUT2D eigenvalue weighted by atomic mass is 19.4. The number of morpholine rings is 1. The molecule has 1 atom stereocenters. The number of benzene rings is 2. The summed E-state index contributed by atoms with van der Waals surface area (Å²) in [5.74, 6) is 0.183. The van der Waals surface area contributed by atoms with Gasteiger partial charge in [0, 0.05) is 30.9 Å². The number of nitro benzene ring substituents is 1. The molecule has 1 aliphatic rings. The molecule has 1 heterocycles. The van der Waals surface area contributed by atoms with E-state index in [0.29, 0.717) is 31.9 Å². The second kappa shape index (κ2) is 8.05. The number of rotatable bonds is 5. The molecule has 0 bridgehead atoms. The van der Waals surface area contributed by atoms with Crippen molar-refractivity contribution in [2.75, 3.05) is 31.2 Å². The van der Waals surface area contributed by atoms with E-state index in [0.717, 1.165) is 17.8 Å². The number of anilines is 1. The van der Waals surface area contributed by atoms with E-state index >= 15 is 0 Å². The summed E-state index contributed by atoms with van der Waals surface area (Å²) in [4.78, 5) is 12.6. The minimum atomic E-state index is -4.38. The van der Waals surface area contributed by atoms with Crippen molar-refractivity contribution in [3.05, 3.63) is 63.7 Å². The minimum absolute atomic E-state index is 0.113. The molecule has 0 radical (unpaired) electrons. The first-order valence-corrected chi connectivity index (χ1v) is 8.74. The third kappa shape index (κ3) is 4.36. The quantitative estimate of drug-likeness (QED) is 0.546. The second-order valence-electron chi connectivity index (χ2n) is 6.27. The van der Waals surface area contributed by atoms with Gasteiger partial charge in [-0.25, -0.2) is 0 Å². The Labute approximate surface area is 159 Å². The molecule has 0 amide bonds. The highest BCUT2D eigenvalue weighted by molar-refractivity contribution is 5.59. The normalized spacial score (nSPS) is 17.4. The van der Waals surface area contributed by atoms with Crippen LogP contribution in [0.3, 0.4) is 0 Å². The predicted molar refractivity (Wildman–Crippen MR) is 96.6 cm³/mol. The topological polar surface area (TPSA) is 64.8 Å². The molecule has 150 valence electrons. The fourth-order valence-corrected chi connectivity index (χ4v) is 3.09. The van der Waals surface area contributed by atoms with Crippen LogP contribution in [0.4, 0.5) is 24.5 Å². The van der Waals surface area contributed by atoms with Gasteiger partial charge in [-0.05, 0) is 30.7 Å². The van der Waals surface area contributed by atoms with E-state index in [2.05, 4.69) is 0 Å². The van der Waals surface area contributed by atoms with E-state index in [1.165, 1.54) is 18.2 Å². The number of nitrogens with zero attached hydrogens (tertiary/aromatic N) is 2. The van der Waals surface area contributed by atoms with Crippen molar-refractivity contribution in [1.29, 1.82) is 0 Å². The lowest BCUT2D eigenvalue weighted by Gasteiger charge is -2.35. The van der Waals surface area contributed by atoms with Crippen LogP contribution < -0.4 is 9.64 Å². The van der Waals surface area contributed by atoms with Crippen molar-refractivity contribution in [3.8, 4) is 5.75 Å². The Morgan fingerprint density at radius 1 is 1.25 bits per heavy atom. The Morgan fingerprint density at radius 2 is 1.96 bits per heavy atom. The molecule has 0 spiro atoms. The lowest BCUT2D eigenvalue weighted by molar-refractivity contribution is -0.385. The van der Waals surface area contributed by atoms with Gasteiger partial charge < -0.3 is 14.4 Å². The fraction of sp³-hybridized carbons (Fsp3) is 0.368. The van der Waals surface area contributed by atoms with Crippen molar-refractivity contribution in [1.82, 2.24) is 0 Å². The average molecular weight is 396 g/mol. The largest absolute Gasteiger partial charge is 0.487 e. The predicted octanol–water partition coefficient (Wildman–Crippen LogP) is 4.59. The van der Waals surface area contributed by atoms with E-state index in [9.17, 15) is 23.3 Å². The first kappa shape index (κ1) is 19.9. The summed E-state index contributed by atoms with van der Waals surface area (Å²) >= 11 is 0. The van der Waals surface area contributed by atoms with Crippen molar-refractivity contribution < 1.29 is 27.6 Å². The zero-order valence-corrected chi connectivity index (χ0v) is 15.1. The minimum Gasteiger partial charge on any atom is -0.487 e. The van der Waals surface area contributed by atoms with Gasteiger partial charge in [0.05, 0.1) is 23.7 Å². The molecule has 0 aliphatic carbocycles. The Balaban J connectivity index is 1.79. The fourth-order valence-electron chi connectivity index (χ4n) is 3.09. The zero-order chi connectivity index (χ0) is 20.3. The summed E-state index contributed by atoms with van der Waals surface area (Å²) in [5.41, 5.74) is 0.553. The van der Waals surface area contributed by atoms with Gasteiger partial charge >= 0.3 is 11.9 Å². The van der Waals surface area contributed by atoms with Gasteiger partial charge in [-0.15, -0.1) is 0 Å². The van der Waals surface area contributed by atoms with Crippen LogP contribution in [0.25, 0.3) is 0 Å². The van der Waals surface area contributed by atoms with Crippen LogP contribution in [0.5, 0.6) is 5.75 Å². The maximum atomic E-state index is 12.7. The lowest BCUT2D eigenvalue weighted by atomic mass is 10.0. The number of hydrogen-bond acceptors (Lipinski definition) is 5. The monoisotopic (exact) mass is 396 g/mol. The SMILES string of the molecule is CCOc1cc(N2CCOC(c3ccc(C(F)(F)F)cc3)C2)ccc1[N+](=O)[O-]. The maximum Gasteiger partial charge on any atom is 0.416 e. The van der Waals surface area contributed by atoms with Gasteiger partial charge in [-0.1, -0.05) is 12.1 Å². The van der Waals surface area contributed by atoms with Gasteiger partial charge in [0.25, 0.3) is 0 Å². The van der Waals surface area contributed by atoms with Gasteiger partial charge in [0.15, 0.2) is 5.75 Å². The molecule has 9 heteroatoms.